The number of aromatic nitrogens is 2. The smallest absolute Gasteiger partial charge is 0.422 e. The van der Waals surface area contributed by atoms with Crippen LogP contribution in [0.1, 0.15) is 117 Å². The van der Waals surface area contributed by atoms with Gasteiger partial charge >= 0.3 is 22.1 Å². The third-order valence-corrected chi connectivity index (χ3v) is 8.44. The molecule has 14 heteroatoms. The molecule has 1 amide bonds. The number of hydrogen-bond donors (Lipinski definition) is 2. The van der Waals surface area contributed by atoms with Crippen molar-refractivity contribution in [3.63, 3.8) is 0 Å². The Bertz CT molecular complexity index is 1220. The van der Waals surface area contributed by atoms with Crippen LogP contribution in [-0.2, 0) is 33.4 Å². The Hall–Kier alpha value is -2.26. The van der Waals surface area contributed by atoms with Gasteiger partial charge in [-0.2, -0.15) is 13.1 Å². The summed E-state index contributed by atoms with van der Waals surface area (Å²) in [5.41, 5.74) is -1.30. The number of unbranched alkanes of at least 4 members (excludes halogenated alkanes) is 13. The summed E-state index contributed by atoms with van der Waals surface area (Å²) in [6.45, 7) is 5.16. The van der Waals surface area contributed by atoms with Gasteiger partial charge in [0.1, 0.15) is 18.3 Å². The van der Waals surface area contributed by atoms with E-state index < -0.39 is 64.6 Å². The number of nitrogens with one attached hydrogen (secondary N) is 2. The molecule has 2 N–H and O–H groups in total. The van der Waals surface area contributed by atoms with E-state index in [1.54, 1.807) is 18.6 Å². The van der Waals surface area contributed by atoms with Gasteiger partial charge in [-0.3, -0.25) is 18.5 Å². The molecule has 3 rings (SSSR count). The Kier molecular flexibility index (Phi) is 14.2. The van der Waals surface area contributed by atoms with Crippen LogP contribution >= 0.6 is 0 Å². The highest BCUT2D eigenvalue weighted by Gasteiger charge is 2.56. The summed E-state index contributed by atoms with van der Waals surface area (Å²) in [6.07, 6.45) is 13.4. The largest absolute Gasteiger partial charge is 0.449 e. The molecule has 1 aromatic rings. The zero-order valence-electron chi connectivity index (χ0n) is 25.7. The van der Waals surface area contributed by atoms with Crippen LogP contribution in [0.25, 0.3) is 0 Å². The molecule has 0 saturated carbocycles. The van der Waals surface area contributed by atoms with Crippen LogP contribution < -0.4 is 16.0 Å². The molecule has 1 aromatic heterocycles. The number of ether oxygens (including phenoxy) is 4. The first-order valence-corrected chi connectivity index (χ1v) is 17.1. The first-order valence-electron chi connectivity index (χ1n) is 15.7. The molecule has 4 atom stereocenters. The summed E-state index contributed by atoms with van der Waals surface area (Å²) < 4.78 is 55.2. The van der Waals surface area contributed by atoms with Crippen LogP contribution in [0.2, 0.25) is 0 Å². The maximum Gasteiger partial charge on any atom is 0.422 e. The van der Waals surface area contributed by atoms with Crippen molar-refractivity contribution in [1.82, 2.24) is 14.3 Å². The predicted molar refractivity (Wildman–Crippen MR) is 159 cm³/mol. The number of carbonyl (C=O) groups is 1. The van der Waals surface area contributed by atoms with E-state index in [1.807, 2.05) is 0 Å². The Labute approximate surface area is 254 Å². The van der Waals surface area contributed by atoms with E-state index in [2.05, 4.69) is 11.9 Å². The average Bonchev–Trinajstić information content (AvgIpc) is 3.42. The SMILES string of the molecule is CCCCCCCCCCCCCCCCOC(=O)NS(=O)(=O)OCC1O[C@@H](n2ccc(=O)[nH]c2=O)[C@@H]2OC(C)(C)OC12. The molecule has 2 aliphatic heterocycles. The van der Waals surface area contributed by atoms with Gasteiger partial charge < -0.3 is 18.9 Å². The first kappa shape index (κ1) is 35.2. The van der Waals surface area contributed by atoms with Crippen LogP contribution in [-0.4, -0.2) is 61.4 Å². The van der Waals surface area contributed by atoms with Crippen LogP contribution in [0.3, 0.4) is 0 Å². The number of nitrogens with zero attached hydrogens (tertiary/aromatic N) is 1. The maximum atomic E-state index is 12.4. The minimum Gasteiger partial charge on any atom is -0.449 e. The van der Waals surface area contributed by atoms with Crippen LogP contribution in [0.5, 0.6) is 0 Å². The van der Waals surface area contributed by atoms with E-state index in [1.165, 1.54) is 70.4 Å². The zero-order valence-corrected chi connectivity index (χ0v) is 26.5. The molecule has 2 fully saturated rings. The van der Waals surface area contributed by atoms with Gasteiger partial charge in [-0.25, -0.2) is 9.59 Å². The maximum absolute atomic E-state index is 12.4. The zero-order chi connectivity index (χ0) is 31.3. The predicted octanol–water partition coefficient (Wildman–Crippen LogP) is 4.42. The number of carbonyl (C=O) groups excluding carboxylic acids is 1. The first-order chi connectivity index (χ1) is 20.5. The molecule has 3 heterocycles. The van der Waals surface area contributed by atoms with E-state index in [-0.39, 0.29) is 6.61 Å². The van der Waals surface area contributed by atoms with Gasteiger partial charge in [-0.15, -0.1) is 0 Å². The van der Waals surface area contributed by atoms with E-state index in [9.17, 15) is 22.8 Å². The lowest BCUT2D eigenvalue weighted by atomic mass is 10.0. The highest BCUT2D eigenvalue weighted by atomic mass is 32.2. The van der Waals surface area contributed by atoms with Gasteiger partial charge in [0.05, 0.1) is 13.2 Å². The molecule has 13 nitrogen and oxygen atoms in total. The Morgan fingerprint density at radius 1 is 0.930 bits per heavy atom. The Balaban J connectivity index is 1.29. The van der Waals surface area contributed by atoms with Crippen LogP contribution in [0.15, 0.2) is 21.9 Å². The molecule has 0 aliphatic carbocycles. The third kappa shape index (κ3) is 12.0. The fourth-order valence-electron chi connectivity index (χ4n) is 5.42. The number of aromatic amines is 1. The van der Waals surface area contributed by atoms with Crippen molar-refractivity contribution in [3.8, 4) is 0 Å². The number of fused-ring (bicyclic) bond motifs is 1. The second-order valence-electron chi connectivity index (χ2n) is 11.7. The fourth-order valence-corrected chi connectivity index (χ4v) is 6.06. The Morgan fingerprint density at radius 2 is 1.49 bits per heavy atom. The topological polar surface area (TPSA) is 164 Å². The molecule has 0 radical (unpaired) electrons. The van der Waals surface area contributed by atoms with Crippen molar-refractivity contribution < 1.29 is 36.3 Å². The lowest BCUT2D eigenvalue weighted by molar-refractivity contribution is -0.199. The standard InChI is InChI=1S/C29H49N3O10S/c1-4-5-6-7-8-9-10-11-12-13-14-15-16-17-20-38-28(35)31-43(36,37)39-21-22-24-25(42-29(2,3)41-24)26(40-22)32-19-18-23(33)30-27(32)34/h18-19,22,24-26H,4-17,20-21H2,1-3H3,(H,31,35)(H,30,33,34)/t22?,24?,25-,26-/m1/s1. The van der Waals surface area contributed by atoms with Crippen molar-refractivity contribution in [2.45, 2.75) is 141 Å². The summed E-state index contributed by atoms with van der Waals surface area (Å²) >= 11 is 0. The van der Waals surface area contributed by atoms with Crippen molar-refractivity contribution in [3.05, 3.63) is 33.1 Å². The molecule has 0 spiro atoms. The Morgan fingerprint density at radius 3 is 2.07 bits per heavy atom. The molecule has 43 heavy (non-hydrogen) atoms. The fraction of sp³-hybridized carbons (Fsp3) is 0.828. The molecule has 2 aliphatic rings. The highest BCUT2D eigenvalue weighted by Crippen LogP contribution is 2.42. The normalized spacial score (nSPS) is 22.9. The van der Waals surface area contributed by atoms with E-state index in [0.29, 0.717) is 6.42 Å². The molecule has 0 bridgehead atoms. The molecular formula is C29H49N3O10S. The van der Waals surface area contributed by atoms with Gasteiger partial charge in [0, 0.05) is 12.3 Å². The number of hydrogen-bond acceptors (Lipinski definition) is 10. The van der Waals surface area contributed by atoms with Gasteiger partial charge in [0.2, 0.25) is 0 Å². The van der Waals surface area contributed by atoms with Crippen molar-refractivity contribution >= 4 is 16.4 Å². The number of rotatable bonds is 20. The average molecular weight is 632 g/mol. The van der Waals surface area contributed by atoms with Crippen LogP contribution in [0, 0.1) is 0 Å². The second kappa shape index (κ2) is 17.3. The quantitative estimate of drug-likeness (QED) is 0.197. The molecule has 2 unspecified atom stereocenters. The minimum atomic E-state index is -4.51. The molecule has 246 valence electrons. The summed E-state index contributed by atoms with van der Waals surface area (Å²) in [6, 6.07) is 1.16. The summed E-state index contributed by atoms with van der Waals surface area (Å²) in [5, 5.41) is 0. The van der Waals surface area contributed by atoms with E-state index >= 15 is 0 Å². The van der Waals surface area contributed by atoms with Gasteiger partial charge in [-0.1, -0.05) is 90.4 Å². The van der Waals surface area contributed by atoms with Gasteiger partial charge in [-0.05, 0) is 20.3 Å². The number of amides is 1. The van der Waals surface area contributed by atoms with Gasteiger partial charge in [0.15, 0.2) is 12.0 Å². The molecule has 2 saturated heterocycles. The van der Waals surface area contributed by atoms with Crippen molar-refractivity contribution in [1.29, 1.82) is 0 Å². The molecular weight excluding hydrogens is 582 g/mol. The summed E-state index contributed by atoms with van der Waals surface area (Å²) in [7, 11) is -4.51. The van der Waals surface area contributed by atoms with E-state index in [0.717, 1.165) is 29.9 Å². The third-order valence-electron chi connectivity index (χ3n) is 7.58. The van der Waals surface area contributed by atoms with E-state index in [4.69, 9.17) is 23.1 Å². The van der Waals surface area contributed by atoms with Gasteiger partial charge in [0.25, 0.3) is 5.56 Å². The summed E-state index contributed by atoms with van der Waals surface area (Å²) in [5.74, 6) is -1.03. The van der Waals surface area contributed by atoms with Crippen molar-refractivity contribution in [2.24, 2.45) is 0 Å². The summed E-state index contributed by atoms with van der Waals surface area (Å²) in [4.78, 5) is 37.9. The van der Waals surface area contributed by atoms with Crippen molar-refractivity contribution in [2.75, 3.05) is 13.2 Å². The lowest BCUT2D eigenvalue weighted by Gasteiger charge is -2.24. The minimum absolute atomic E-state index is 0.102. The highest BCUT2D eigenvalue weighted by molar-refractivity contribution is 7.85. The monoisotopic (exact) mass is 631 g/mol. The number of H-pyrrole nitrogens is 1. The lowest BCUT2D eigenvalue weighted by Crippen LogP contribution is -2.38. The molecule has 0 aromatic carbocycles. The van der Waals surface area contributed by atoms with Crippen LogP contribution in [0.4, 0.5) is 4.79 Å². The second-order valence-corrected chi connectivity index (χ2v) is 13.1.